The summed E-state index contributed by atoms with van der Waals surface area (Å²) in [7, 11) is 0. The minimum atomic E-state index is -0.0255. The maximum absolute atomic E-state index is 12.5. The van der Waals surface area contributed by atoms with E-state index in [1.54, 1.807) is 11.3 Å². The Morgan fingerprint density at radius 2 is 1.83 bits per heavy atom. The number of nitrogen functional groups attached to an aromatic ring is 1. The quantitative estimate of drug-likeness (QED) is 0.555. The standard InChI is InChI=1S/C24H27N3O2S/c25-21-9-8-20(23-2-1-15-30-23)16-22(21)26-24(28)10-7-18-3-5-19(6-4-18)17-27-11-13-29-14-12-27/h1-6,8-9,15-16H,7,10-14,17,25H2,(H,26,28). The van der Waals surface area contributed by atoms with Crippen molar-refractivity contribution in [2.45, 2.75) is 19.4 Å². The molecule has 1 amide bonds. The van der Waals surface area contributed by atoms with Crippen molar-refractivity contribution in [3.63, 3.8) is 0 Å². The summed E-state index contributed by atoms with van der Waals surface area (Å²) in [5, 5.41) is 5.01. The van der Waals surface area contributed by atoms with Crippen molar-refractivity contribution in [3.8, 4) is 10.4 Å². The zero-order valence-electron chi connectivity index (χ0n) is 17.0. The van der Waals surface area contributed by atoms with Crippen LogP contribution in [0, 0.1) is 0 Å². The molecule has 1 aliphatic rings. The lowest BCUT2D eigenvalue weighted by atomic mass is 10.1. The number of rotatable bonds is 7. The minimum Gasteiger partial charge on any atom is -0.397 e. The Morgan fingerprint density at radius 3 is 2.57 bits per heavy atom. The third-order valence-corrected chi connectivity index (χ3v) is 6.23. The summed E-state index contributed by atoms with van der Waals surface area (Å²) >= 11 is 1.67. The van der Waals surface area contributed by atoms with Gasteiger partial charge in [-0.15, -0.1) is 11.3 Å². The van der Waals surface area contributed by atoms with Gasteiger partial charge in [0.1, 0.15) is 0 Å². The topological polar surface area (TPSA) is 67.6 Å². The molecule has 1 aromatic heterocycles. The van der Waals surface area contributed by atoms with E-state index in [1.165, 1.54) is 5.56 Å². The SMILES string of the molecule is Nc1ccc(-c2cccs2)cc1NC(=O)CCc1ccc(CN2CCOCC2)cc1. The molecule has 4 rings (SSSR count). The van der Waals surface area contributed by atoms with Crippen LogP contribution < -0.4 is 11.1 Å². The molecule has 1 aliphatic heterocycles. The fourth-order valence-corrected chi connectivity index (χ4v) is 4.28. The number of hydrogen-bond donors (Lipinski definition) is 2. The van der Waals surface area contributed by atoms with Gasteiger partial charge in [0.05, 0.1) is 24.6 Å². The van der Waals surface area contributed by atoms with Crippen molar-refractivity contribution in [1.29, 1.82) is 0 Å². The Bertz CT molecular complexity index is 965. The van der Waals surface area contributed by atoms with Gasteiger partial charge in [-0.1, -0.05) is 36.4 Å². The molecule has 0 spiro atoms. The molecule has 156 valence electrons. The largest absolute Gasteiger partial charge is 0.397 e. The Morgan fingerprint density at radius 1 is 1.07 bits per heavy atom. The molecular formula is C24H27N3O2S. The van der Waals surface area contributed by atoms with Crippen molar-refractivity contribution in [1.82, 2.24) is 4.90 Å². The molecule has 6 heteroatoms. The van der Waals surface area contributed by atoms with Crippen LogP contribution in [0.2, 0.25) is 0 Å². The van der Waals surface area contributed by atoms with Crippen LogP contribution >= 0.6 is 11.3 Å². The van der Waals surface area contributed by atoms with E-state index in [9.17, 15) is 4.79 Å². The summed E-state index contributed by atoms with van der Waals surface area (Å²) in [4.78, 5) is 16.0. The fourth-order valence-electron chi connectivity index (χ4n) is 3.56. The highest BCUT2D eigenvalue weighted by Gasteiger charge is 2.11. The van der Waals surface area contributed by atoms with E-state index in [4.69, 9.17) is 10.5 Å². The Hall–Kier alpha value is -2.67. The van der Waals surface area contributed by atoms with E-state index in [2.05, 4.69) is 40.5 Å². The number of nitrogens with two attached hydrogens (primary N) is 1. The first kappa shape index (κ1) is 20.6. The summed E-state index contributed by atoms with van der Waals surface area (Å²) in [6.45, 7) is 4.54. The molecule has 3 N–H and O–H groups in total. The zero-order valence-corrected chi connectivity index (χ0v) is 17.8. The number of ether oxygens (including phenoxy) is 1. The van der Waals surface area contributed by atoms with Crippen LogP contribution in [0.25, 0.3) is 10.4 Å². The molecule has 5 nitrogen and oxygen atoms in total. The van der Waals surface area contributed by atoms with Gasteiger partial charge in [-0.2, -0.15) is 0 Å². The second-order valence-corrected chi connectivity index (χ2v) is 8.48. The third-order valence-electron chi connectivity index (χ3n) is 5.31. The van der Waals surface area contributed by atoms with Crippen LogP contribution in [0.4, 0.5) is 11.4 Å². The second kappa shape index (κ2) is 9.89. The predicted molar refractivity (Wildman–Crippen MR) is 124 cm³/mol. The van der Waals surface area contributed by atoms with Gasteiger partial charge in [0.15, 0.2) is 0 Å². The lowest BCUT2D eigenvalue weighted by molar-refractivity contribution is -0.116. The molecule has 0 saturated carbocycles. The van der Waals surface area contributed by atoms with E-state index >= 15 is 0 Å². The maximum Gasteiger partial charge on any atom is 0.224 e. The zero-order chi connectivity index (χ0) is 20.8. The van der Waals surface area contributed by atoms with Gasteiger partial charge in [-0.25, -0.2) is 0 Å². The average Bonchev–Trinajstić information content (AvgIpc) is 3.31. The van der Waals surface area contributed by atoms with Crippen molar-refractivity contribution >= 4 is 28.6 Å². The fraction of sp³-hybridized carbons (Fsp3) is 0.292. The first-order valence-electron chi connectivity index (χ1n) is 10.3. The first-order chi connectivity index (χ1) is 14.7. The Kier molecular flexibility index (Phi) is 6.79. The molecule has 30 heavy (non-hydrogen) atoms. The summed E-state index contributed by atoms with van der Waals surface area (Å²) in [6, 6.07) is 18.4. The van der Waals surface area contributed by atoms with Gasteiger partial charge in [-0.3, -0.25) is 9.69 Å². The van der Waals surface area contributed by atoms with Gasteiger partial charge in [0.2, 0.25) is 5.91 Å². The second-order valence-electron chi connectivity index (χ2n) is 7.53. The van der Waals surface area contributed by atoms with Gasteiger partial charge < -0.3 is 15.8 Å². The third kappa shape index (κ3) is 5.48. The van der Waals surface area contributed by atoms with Crippen LogP contribution in [0.15, 0.2) is 60.0 Å². The molecule has 3 aromatic rings. The van der Waals surface area contributed by atoms with Crippen molar-refractivity contribution in [2.24, 2.45) is 0 Å². The molecule has 0 atom stereocenters. The lowest BCUT2D eigenvalue weighted by Gasteiger charge is -2.26. The van der Waals surface area contributed by atoms with Crippen molar-refractivity contribution in [2.75, 3.05) is 37.4 Å². The molecular weight excluding hydrogens is 394 g/mol. The number of carbonyl (C=O) groups excluding carboxylic acids is 1. The highest BCUT2D eigenvalue weighted by atomic mass is 32.1. The summed E-state index contributed by atoms with van der Waals surface area (Å²) in [6.07, 6.45) is 1.12. The Labute approximate surface area is 181 Å². The number of amides is 1. The predicted octanol–water partition coefficient (Wildman–Crippen LogP) is 4.40. The molecule has 0 bridgehead atoms. The number of aryl methyl sites for hydroxylation is 1. The van der Waals surface area contributed by atoms with Crippen molar-refractivity contribution in [3.05, 3.63) is 71.1 Å². The van der Waals surface area contributed by atoms with Crippen LogP contribution in [0.1, 0.15) is 17.5 Å². The van der Waals surface area contributed by atoms with Gasteiger partial charge in [0, 0.05) is 30.9 Å². The van der Waals surface area contributed by atoms with Crippen LogP contribution in [0.5, 0.6) is 0 Å². The van der Waals surface area contributed by atoms with E-state index in [-0.39, 0.29) is 5.91 Å². The maximum atomic E-state index is 12.5. The van der Waals surface area contributed by atoms with E-state index in [0.29, 0.717) is 24.2 Å². The number of benzene rings is 2. The molecule has 2 aromatic carbocycles. The minimum absolute atomic E-state index is 0.0255. The number of anilines is 2. The van der Waals surface area contributed by atoms with Gasteiger partial charge >= 0.3 is 0 Å². The van der Waals surface area contributed by atoms with Crippen LogP contribution in [-0.4, -0.2) is 37.1 Å². The normalized spacial score (nSPS) is 14.5. The monoisotopic (exact) mass is 421 g/mol. The number of carbonyl (C=O) groups is 1. The number of nitrogens with zero attached hydrogens (tertiary/aromatic N) is 1. The Balaban J connectivity index is 1.30. The average molecular weight is 422 g/mol. The molecule has 2 heterocycles. The smallest absolute Gasteiger partial charge is 0.224 e. The highest BCUT2D eigenvalue weighted by molar-refractivity contribution is 7.13. The number of morpholine rings is 1. The molecule has 1 fully saturated rings. The molecule has 0 radical (unpaired) electrons. The van der Waals surface area contributed by atoms with Crippen molar-refractivity contribution < 1.29 is 9.53 Å². The van der Waals surface area contributed by atoms with E-state index in [0.717, 1.165) is 48.9 Å². The summed E-state index contributed by atoms with van der Waals surface area (Å²) < 4.78 is 5.40. The summed E-state index contributed by atoms with van der Waals surface area (Å²) in [5.41, 5.74) is 10.8. The molecule has 0 unspecified atom stereocenters. The van der Waals surface area contributed by atoms with E-state index in [1.807, 2.05) is 29.6 Å². The summed E-state index contributed by atoms with van der Waals surface area (Å²) in [5.74, 6) is -0.0255. The number of nitrogens with one attached hydrogen (secondary N) is 1. The van der Waals surface area contributed by atoms with Gasteiger partial charge in [0.25, 0.3) is 0 Å². The first-order valence-corrected chi connectivity index (χ1v) is 11.2. The van der Waals surface area contributed by atoms with E-state index < -0.39 is 0 Å². The van der Waals surface area contributed by atoms with Crippen LogP contribution in [0.3, 0.4) is 0 Å². The van der Waals surface area contributed by atoms with Crippen LogP contribution in [-0.2, 0) is 22.5 Å². The molecule has 1 saturated heterocycles. The number of thiophene rings is 1. The number of hydrogen-bond acceptors (Lipinski definition) is 5. The highest BCUT2D eigenvalue weighted by Crippen LogP contribution is 2.30. The lowest BCUT2D eigenvalue weighted by Crippen LogP contribution is -2.35. The van der Waals surface area contributed by atoms with Gasteiger partial charge in [-0.05, 0) is 46.7 Å². The molecule has 0 aliphatic carbocycles.